The van der Waals surface area contributed by atoms with Crippen LogP contribution in [0, 0.1) is 13.8 Å². The van der Waals surface area contributed by atoms with E-state index >= 15 is 0 Å². The molecule has 19 heavy (non-hydrogen) atoms. The zero-order chi connectivity index (χ0) is 13.9. The molecule has 0 N–H and O–H groups in total. The lowest BCUT2D eigenvalue weighted by Gasteiger charge is -2.36. The second kappa shape index (κ2) is 5.77. The third-order valence-corrected chi connectivity index (χ3v) is 4.32. The number of ether oxygens (including phenoxy) is 1. The van der Waals surface area contributed by atoms with Gasteiger partial charge in [0, 0.05) is 0 Å². The summed E-state index contributed by atoms with van der Waals surface area (Å²) in [5.41, 5.74) is 2.68. The van der Waals surface area contributed by atoms with Crippen LogP contribution in [0.25, 0.3) is 0 Å². The van der Waals surface area contributed by atoms with Gasteiger partial charge in [-0.05, 0) is 57.6 Å². The molecule has 1 fully saturated rings. The number of esters is 1. The Morgan fingerprint density at radius 2 is 1.89 bits per heavy atom. The molecule has 0 aliphatic heterocycles. The van der Waals surface area contributed by atoms with Crippen molar-refractivity contribution in [2.75, 3.05) is 0 Å². The predicted molar refractivity (Wildman–Crippen MR) is 77.4 cm³/mol. The van der Waals surface area contributed by atoms with Crippen LogP contribution in [-0.2, 0) is 4.74 Å². The first-order valence-electron chi connectivity index (χ1n) is 7.37. The van der Waals surface area contributed by atoms with Gasteiger partial charge in [0.1, 0.15) is 5.60 Å². The maximum Gasteiger partial charge on any atom is 0.338 e. The molecule has 0 spiro atoms. The molecule has 0 saturated heterocycles. The molecule has 1 aliphatic rings. The van der Waals surface area contributed by atoms with Crippen molar-refractivity contribution in [2.45, 2.75) is 64.9 Å². The summed E-state index contributed by atoms with van der Waals surface area (Å²) in [6.45, 7) is 6.14. The highest BCUT2D eigenvalue weighted by molar-refractivity contribution is 5.91. The smallest absolute Gasteiger partial charge is 0.338 e. The molecule has 2 nitrogen and oxygen atoms in total. The Bertz CT molecular complexity index is 456. The van der Waals surface area contributed by atoms with E-state index in [-0.39, 0.29) is 11.6 Å². The highest BCUT2D eigenvalue weighted by atomic mass is 16.6. The van der Waals surface area contributed by atoms with Gasteiger partial charge < -0.3 is 4.74 Å². The van der Waals surface area contributed by atoms with E-state index in [1.54, 1.807) is 0 Å². The van der Waals surface area contributed by atoms with Crippen molar-refractivity contribution in [3.8, 4) is 0 Å². The summed E-state index contributed by atoms with van der Waals surface area (Å²) in [7, 11) is 0. The Morgan fingerprint density at radius 1 is 1.21 bits per heavy atom. The summed E-state index contributed by atoms with van der Waals surface area (Å²) in [6, 6.07) is 5.90. The van der Waals surface area contributed by atoms with Crippen LogP contribution in [-0.4, -0.2) is 11.6 Å². The SMILES string of the molecule is CCC1(OC(=O)c2ccc(C)cc2C)CCCCC1. The number of aryl methyl sites for hydroxylation is 2. The molecule has 0 bridgehead atoms. The van der Waals surface area contributed by atoms with Gasteiger partial charge in [0.2, 0.25) is 0 Å². The van der Waals surface area contributed by atoms with Gasteiger partial charge in [-0.3, -0.25) is 0 Å². The van der Waals surface area contributed by atoms with Gasteiger partial charge in [-0.1, -0.05) is 31.0 Å². The lowest BCUT2D eigenvalue weighted by Crippen LogP contribution is -2.36. The first-order chi connectivity index (χ1) is 9.06. The number of rotatable bonds is 3. The van der Waals surface area contributed by atoms with Crippen molar-refractivity contribution < 1.29 is 9.53 Å². The summed E-state index contributed by atoms with van der Waals surface area (Å²) in [4.78, 5) is 12.4. The average Bonchev–Trinajstić information content (AvgIpc) is 2.39. The number of hydrogen-bond donors (Lipinski definition) is 0. The second-order valence-electron chi connectivity index (χ2n) is 5.81. The Hall–Kier alpha value is -1.31. The van der Waals surface area contributed by atoms with Gasteiger partial charge in [0.05, 0.1) is 5.56 Å². The van der Waals surface area contributed by atoms with Crippen molar-refractivity contribution in [3.63, 3.8) is 0 Å². The molecule has 0 amide bonds. The summed E-state index contributed by atoms with van der Waals surface area (Å²) in [5.74, 6) is -0.152. The topological polar surface area (TPSA) is 26.3 Å². The molecule has 1 saturated carbocycles. The van der Waals surface area contributed by atoms with Crippen molar-refractivity contribution in [1.82, 2.24) is 0 Å². The molecule has 0 atom stereocenters. The molecule has 0 aromatic heterocycles. The van der Waals surface area contributed by atoms with E-state index in [0.29, 0.717) is 5.56 Å². The second-order valence-corrected chi connectivity index (χ2v) is 5.81. The van der Waals surface area contributed by atoms with Crippen LogP contribution in [0.5, 0.6) is 0 Å². The van der Waals surface area contributed by atoms with Crippen molar-refractivity contribution >= 4 is 5.97 Å². The van der Waals surface area contributed by atoms with Gasteiger partial charge >= 0.3 is 5.97 Å². The average molecular weight is 260 g/mol. The van der Waals surface area contributed by atoms with Crippen LogP contribution in [0.1, 0.15) is 66.9 Å². The molecule has 0 heterocycles. The number of hydrogen-bond acceptors (Lipinski definition) is 2. The van der Waals surface area contributed by atoms with E-state index in [1.165, 1.54) is 24.8 Å². The Balaban J connectivity index is 2.15. The largest absolute Gasteiger partial charge is 0.455 e. The van der Waals surface area contributed by atoms with Crippen LogP contribution >= 0.6 is 0 Å². The molecule has 2 rings (SSSR count). The Labute approximate surface area is 116 Å². The van der Waals surface area contributed by atoms with Crippen LogP contribution in [0.4, 0.5) is 0 Å². The van der Waals surface area contributed by atoms with E-state index in [2.05, 4.69) is 6.92 Å². The minimum atomic E-state index is -0.216. The molecule has 0 unspecified atom stereocenters. The van der Waals surface area contributed by atoms with E-state index in [1.807, 2.05) is 32.0 Å². The molecular formula is C17H24O2. The minimum absolute atomic E-state index is 0.152. The van der Waals surface area contributed by atoms with Crippen molar-refractivity contribution in [3.05, 3.63) is 34.9 Å². The normalized spacial score (nSPS) is 18.1. The van der Waals surface area contributed by atoms with Crippen LogP contribution in [0.2, 0.25) is 0 Å². The monoisotopic (exact) mass is 260 g/mol. The lowest BCUT2D eigenvalue weighted by molar-refractivity contribution is -0.0398. The van der Waals surface area contributed by atoms with E-state index in [9.17, 15) is 4.79 Å². The van der Waals surface area contributed by atoms with Crippen LogP contribution in [0.3, 0.4) is 0 Å². The molecular weight excluding hydrogens is 236 g/mol. The molecule has 1 aliphatic carbocycles. The highest BCUT2D eigenvalue weighted by Crippen LogP contribution is 2.35. The first kappa shape index (κ1) is 14.1. The molecule has 104 valence electrons. The number of carbonyl (C=O) groups is 1. The fourth-order valence-corrected chi connectivity index (χ4v) is 3.02. The van der Waals surface area contributed by atoms with Gasteiger partial charge in [0.25, 0.3) is 0 Å². The van der Waals surface area contributed by atoms with Gasteiger partial charge in [0.15, 0.2) is 0 Å². The molecule has 1 aromatic carbocycles. The Kier molecular flexibility index (Phi) is 4.28. The maximum absolute atomic E-state index is 12.4. The van der Waals surface area contributed by atoms with E-state index < -0.39 is 0 Å². The summed E-state index contributed by atoms with van der Waals surface area (Å²) < 4.78 is 5.90. The van der Waals surface area contributed by atoms with Crippen LogP contribution < -0.4 is 0 Å². The minimum Gasteiger partial charge on any atom is -0.455 e. The standard InChI is InChI=1S/C17H24O2/c1-4-17(10-6-5-7-11-17)19-16(18)15-9-8-13(2)12-14(15)3/h8-9,12H,4-7,10-11H2,1-3H3. The third kappa shape index (κ3) is 3.17. The molecule has 1 aromatic rings. The fraction of sp³-hybridized carbons (Fsp3) is 0.588. The van der Waals surface area contributed by atoms with Crippen molar-refractivity contribution in [1.29, 1.82) is 0 Å². The van der Waals surface area contributed by atoms with E-state index in [0.717, 1.165) is 24.8 Å². The summed E-state index contributed by atoms with van der Waals surface area (Å²) in [6.07, 6.45) is 6.56. The van der Waals surface area contributed by atoms with Gasteiger partial charge in [-0.25, -0.2) is 4.79 Å². The number of carbonyl (C=O) groups excluding carboxylic acids is 1. The highest BCUT2D eigenvalue weighted by Gasteiger charge is 2.34. The zero-order valence-corrected chi connectivity index (χ0v) is 12.3. The van der Waals surface area contributed by atoms with Crippen LogP contribution in [0.15, 0.2) is 18.2 Å². The predicted octanol–water partition coefficient (Wildman–Crippen LogP) is 4.57. The maximum atomic E-state index is 12.4. The zero-order valence-electron chi connectivity index (χ0n) is 12.3. The fourth-order valence-electron chi connectivity index (χ4n) is 3.02. The van der Waals surface area contributed by atoms with Crippen molar-refractivity contribution in [2.24, 2.45) is 0 Å². The van der Waals surface area contributed by atoms with Gasteiger partial charge in [-0.15, -0.1) is 0 Å². The van der Waals surface area contributed by atoms with E-state index in [4.69, 9.17) is 4.74 Å². The Morgan fingerprint density at radius 3 is 2.47 bits per heavy atom. The summed E-state index contributed by atoms with van der Waals surface area (Å²) in [5, 5.41) is 0. The lowest BCUT2D eigenvalue weighted by atomic mass is 9.82. The molecule has 2 heteroatoms. The van der Waals surface area contributed by atoms with Gasteiger partial charge in [-0.2, -0.15) is 0 Å². The first-order valence-corrected chi connectivity index (χ1v) is 7.37. The molecule has 0 radical (unpaired) electrons. The third-order valence-electron chi connectivity index (χ3n) is 4.32. The number of benzene rings is 1. The summed E-state index contributed by atoms with van der Waals surface area (Å²) >= 11 is 0. The quantitative estimate of drug-likeness (QED) is 0.744.